The van der Waals surface area contributed by atoms with Gasteiger partial charge in [0.2, 0.25) is 0 Å². The van der Waals surface area contributed by atoms with Gasteiger partial charge < -0.3 is 10.3 Å². The predicted molar refractivity (Wildman–Crippen MR) is 99.8 cm³/mol. The molecule has 3 aromatic rings. The van der Waals surface area contributed by atoms with Gasteiger partial charge in [0.15, 0.2) is 0 Å². The van der Waals surface area contributed by atoms with Crippen LogP contribution in [-0.2, 0) is 6.54 Å². The number of hydrogen-bond donors (Lipinski definition) is 2. The number of hydrogen-bond acceptors (Lipinski definition) is 3. The van der Waals surface area contributed by atoms with Gasteiger partial charge in [-0.15, -0.1) is 5.10 Å². The number of halogens is 1. The fourth-order valence-corrected chi connectivity index (χ4v) is 3.16. The summed E-state index contributed by atoms with van der Waals surface area (Å²) in [5, 5.41) is 13.6. The number of H-pyrrole nitrogens is 1. The Morgan fingerprint density at radius 1 is 1.04 bits per heavy atom. The van der Waals surface area contributed by atoms with Gasteiger partial charge in [0, 0.05) is 35.6 Å². The van der Waals surface area contributed by atoms with Crippen LogP contribution in [0.2, 0.25) is 0 Å². The molecule has 2 heterocycles. The van der Waals surface area contributed by atoms with Crippen molar-refractivity contribution in [3.05, 3.63) is 71.9 Å². The number of rotatable bonds is 4. The van der Waals surface area contributed by atoms with Crippen molar-refractivity contribution in [3.8, 4) is 0 Å². The van der Waals surface area contributed by atoms with Gasteiger partial charge in [0.05, 0.1) is 11.8 Å². The summed E-state index contributed by atoms with van der Waals surface area (Å²) < 4.78 is 0. The number of para-hydroxylation sites is 1. The highest BCUT2D eigenvalue weighted by atomic mass is 35.5. The Hall–Kier alpha value is -2.43. The van der Waals surface area contributed by atoms with Crippen molar-refractivity contribution in [2.75, 3.05) is 0 Å². The highest BCUT2D eigenvalue weighted by Gasteiger charge is 2.23. The van der Waals surface area contributed by atoms with E-state index in [9.17, 15) is 0 Å². The predicted octanol–water partition coefficient (Wildman–Crippen LogP) is 4.07. The van der Waals surface area contributed by atoms with Crippen LogP contribution in [-0.4, -0.2) is 21.9 Å². The Kier molecular flexibility index (Phi) is 4.15. The maximum atomic E-state index is 6.27. The number of nitrogens with one attached hydrogen (secondary N) is 2. The molecular weight excluding hydrogens is 320 g/mol. The smallest absolute Gasteiger partial charge is 0.146 e. The maximum absolute atomic E-state index is 6.27. The number of benzene rings is 2. The molecule has 5 heteroatoms. The van der Waals surface area contributed by atoms with E-state index in [2.05, 4.69) is 44.8 Å². The Labute approximate surface area is 145 Å². The van der Waals surface area contributed by atoms with Crippen molar-refractivity contribution in [3.63, 3.8) is 0 Å². The third kappa shape index (κ3) is 2.98. The lowest BCUT2D eigenvalue weighted by atomic mass is 10.0. The fraction of sp³-hybridized carbons (Fsp3) is 0.158. The number of aromatic nitrogens is 1. The van der Waals surface area contributed by atoms with Crippen molar-refractivity contribution < 1.29 is 0 Å². The summed E-state index contributed by atoms with van der Waals surface area (Å²) in [6.07, 6.45) is 2.71. The van der Waals surface area contributed by atoms with Crippen LogP contribution in [0.4, 0.5) is 0 Å². The molecule has 4 rings (SSSR count). The zero-order valence-corrected chi connectivity index (χ0v) is 13.8. The van der Waals surface area contributed by atoms with E-state index >= 15 is 0 Å². The summed E-state index contributed by atoms with van der Waals surface area (Å²) in [7, 11) is 0. The third-order valence-corrected chi connectivity index (χ3v) is 4.59. The van der Waals surface area contributed by atoms with E-state index in [1.54, 1.807) is 0 Å². The van der Waals surface area contributed by atoms with Crippen LogP contribution < -0.4 is 5.32 Å². The molecule has 1 aromatic heterocycles. The zero-order chi connectivity index (χ0) is 16.4. The minimum absolute atomic E-state index is 0.0203. The largest absolute Gasteiger partial charge is 0.360 e. The highest BCUT2D eigenvalue weighted by molar-refractivity contribution is 6.67. The first-order valence-electron chi connectivity index (χ1n) is 7.95. The average molecular weight is 337 g/mol. The number of nitrogens with zero attached hydrogens (tertiary/aromatic N) is 2. The Bertz CT molecular complexity index is 911. The quantitative estimate of drug-likeness (QED) is 0.741. The van der Waals surface area contributed by atoms with Crippen molar-refractivity contribution in [2.45, 2.75) is 19.0 Å². The highest BCUT2D eigenvalue weighted by Crippen LogP contribution is 2.23. The molecule has 24 heavy (non-hydrogen) atoms. The summed E-state index contributed by atoms with van der Waals surface area (Å²) in [5.41, 5.74) is 4.36. The van der Waals surface area contributed by atoms with Gasteiger partial charge in [0.1, 0.15) is 5.17 Å². The van der Waals surface area contributed by atoms with Gasteiger partial charge in [-0.1, -0.05) is 60.1 Å². The molecule has 0 bridgehead atoms. The summed E-state index contributed by atoms with van der Waals surface area (Å²) >= 11 is 6.27. The molecule has 120 valence electrons. The molecule has 1 atom stereocenters. The SMILES string of the molecule is ClC1=NN=C(c2c[nH]c3ccccc23)CC1NCc1ccccc1. The molecule has 4 nitrogen and oxygen atoms in total. The van der Waals surface area contributed by atoms with Crippen LogP contribution in [0.5, 0.6) is 0 Å². The van der Waals surface area contributed by atoms with Crippen LogP contribution in [0.25, 0.3) is 10.9 Å². The second-order valence-electron chi connectivity index (χ2n) is 5.84. The molecule has 0 saturated carbocycles. The molecule has 1 unspecified atom stereocenters. The second kappa shape index (κ2) is 6.59. The standard InChI is InChI=1S/C19H17ClN4/c20-19-18(21-11-13-6-2-1-3-7-13)10-17(23-24-19)15-12-22-16-9-5-4-8-14(15)16/h1-9,12,18,21-22H,10-11H2. The molecule has 1 aliphatic heterocycles. The number of fused-ring (bicyclic) bond motifs is 1. The molecular formula is C19H17ClN4. The van der Waals surface area contributed by atoms with E-state index in [1.165, 1.54) is 5.56 Å². The van der Waals surface area contributed by atoms with E-state index in [0.29, 0.717) is 5.17 Å². The summed E-state index contributed by atoms with van der Waals surface area (Å²) in [6.45, 7) is 0.748. The molecule has 0 spiro atoms. The zero-order valence-electron chi connectivity index (χ0n) is 13.0. The molecule has 0 saturated heterocycles. The molecule has 0 aliphatic carbocycles. The Morgan fingerprint density at radius 3 is 2.71 bits per heavy atom. The minimum Gasteiger partial charge on any atom is -0.360 e. The van der Waals surface area contributed by atoms with Gasteiger partial charge in [-0.25, -0.2) is 0 Å². The molecule has 1 aliphatic rings. The lowest BCUT2D eigenvalue weighted by Crippen LogP contribution is -2.37. The lowest BCUT2D eigenvalue weighted by Gasteiger charge is -2.20. The van der Waals surface area contributed by atoms with E-state index in [0.717, 1.165) is 35.1 Å². The van der Waals surface area contributed by atoms with E-state index in [-0.39, 0.29) is 6.04 Å². The topological polar surface area (TPSA) is 52.5 Å². The lowest BCUT2D eigenvalue weighted by molar-refractivity contribution is 0.631. The van der Waals surface area contributed by atoms with Gasteiger partial charge in [-0.2, -0.15) is 5.10 Å². The molecule has 0 radical (unpaired) electrons. The summed E-state index contributed by atoms with van der Waals surface area (Å²) in [5.74, 6) is 0. The molecule has 2 N–H and O–H groups in total. The monoisotopic (exact) mass is 336 g/mol. The van der Waals surface area contributed by atoms with Gasteiger partial charge in [-0.3, -0.25) is 0 Å². The second-order valence-corrected chi connectivity index (χ2v) is 6.23. The Balaban J connectivity index is 1.54. The molecule has 0 amide bonds. The van der Waals surface area contributed by atoms with E-state index < -0.39 is 0 Å². The Morgan fingerprint density at radius 2 is 1.83 bits per heavy atom. The molecule has 0 fully saturated rings. The first-order chi connectivity index (χ1) is 11.8. The fourth-order valence-electron chi connectivity index (χ4n) is 2.96. The van der Waals surface area contributed by atoms with Crippen LogP contribution in [0.15, 0.2) is 71.0 Å². The maximum Gasteiger partial charge on any atom is 0.146 e. The normalized spacial score (nSPS) is 17.6. The first kappa shape index (κ1) is 15.1. The van der Waals surface area contributed by atoms with Crippen molar-refractivity contribution in [1.82, 2.24) is 10.3 Å². The van der Waals surface area contributed by atoms with Gasteiger partial charge in [-0.05, 0) is 11.6 Å². The van der Waals surface area contributed by atoms with Crippen molar-refractivity contribution in [1.29, 1.82) is 0 Å². The van der Waals surface area contributed by atoms with Crippen molar-refractivity contribution in [2.24, 2.45) is 10.2 Å². The third-order valence-electron chi connectivity index (χ3n) is 4.25. The minimum atomic E-state index is -0.0203. The van der Waals surface area contributed by atoms with Gasteiger partial charge in [0.25, 0.3) is 0 Å². The van der Waals surface area contributed by atoms with Crippen LogP contribution in [0.1, 0.15) is 17.5 Å². The molecule has 2 aromatic carbocycles. The van der Waals surface area contributed by atoms with Gasteiger partial charge >= 0.3 is 0 Å². The summed E-state index contributed by atoms with van der Waals surface area (Å²) in [6, 6.07) is 18.5. The van der Waals surface area contributed by atoms with E-state index in [4.69, 9.17) is 11.6 Å². The van der Waals surface area contributed by atoms with Crippen molar-refractivity contribution >= 4 is 33.4 Å². The summed E-state index contributed by atoms with van der Waals surface area (Å²) in [4.78, 5) is 3.29. The average Bonchev–Trinajstić information content (AvgIpc) is 3.06. The van der Waals surface area contributed by atoms with Crippen LogP contribution in [0, 0.1) is 0 Å². The number of aromatic amines is 1. The van der Waals surface area contributed by atoms with Crippen LogP contribution >= 0.6 is 11.6 Å². The first-order valence-corrected chi connectivity index (χ1v) is 8.33. The van der Waals surface area contributed by atoms with Crippen LogP contribution in [0.3, 0.4) is 0 Å². The van der Waals surface area contributed by atoms with E-state index in [1.807, 2.05) is 36.5 Å².